The van der Waals surface area contributed by atoms with Gasteiger partial charge < -0.3 is 10.4 Å². The standard InChI is InChI=1S/C15H25NO2.ClH/c17-4-3-16-10-14(18)15-7-11-1-2-12(8-15)6-13(5-11)9-15;/h11-13,16-17H,1-10H2;1H. The van der Waals surface area contributed by atoms with E-state index in [0.717, 1.165) is 37.0 Å². The molecule has 0 aromatic heterocycles. The Balaban J connectivity index is 0.00000133. The zero-order valence-corrected chi connectivity index (χ0v) is 12.4. The molecule has 4 fully saturated rings. The number of Topliss-reactive ketones (excluding diaryl/α,β-unsaturated/α-hetero) is 1. The van der Waals surface area contributed by atoms with Crippen LogP contribution in [0.5, 0.6) is 0 Å². The molecule has 0 heterocycles. The van der Waals surface area contributed by atoms with E-state index in [2.05, 4.69) is 5.32 Å². The lowest BCUT2D eigenvalue weighted by molar-refractivity contribution is -0.135. The second kappa shape index (κ2) is 6.11. The van der Waals surface area contributed by atoms with Crippen LogP contribution in [0.25, 0.3) is 0 Å². The highest BCUT2D eigenvalue weighted by Gasteiger charge is 2.51. The smallest absolute Gasteiger partial charge is 0.152 e. The van der Waals surface area contributed by atoms with Gasteiger partial charge in [0.15, 0.2) is 5.78 Å². The van der Waals surface area contributed by atoms with E-state index in [1.807, 2.05) is 0 Å². The third-order valence-corrected chi connectivity index (χ3v) is 5.52. The molecule has 0 saturated heterocycles. The average molecular weight is 288 g/mol. The van der Waals surface area contributed by atoms with Crippen molar-refractivity contribution in [3.05, 3.63) is 0 Å². The van der Waals surface area contributed by atoms with Crippen LogP contribution < -0.4 is 5.32 Å². The topological polar surface area (TPSA) is 49.3 Å². The van der Waals surface area contributed by atoms with Crippen molar-refractivity contribution in [1.82, 2.24) is 5.32 Å². The number of aliphatic hydroxyl groups is 1. The van der Waals surface area contributed by atoms with Gasteiger partial charge in [-0.1, -0.05) is 12.8 Å². The van der Waals surface area contributed by atoms with Crippen LogP contribution in [-0.2, 0) is 4.79 Å². The molecule has 110 valence electrons. The van der Waals surface area contributed by atoms with Crippen molar-refractivity contribution in [2.75, 3.05) is 19.7 Å². The number of fused-ring (bicyclic) bond motifs is 1. The van der Waals surface area contributed by atoms with Gasteiger partial charge in [-0.3, -0.25) is 4.79 Å². The number of ketones is 1. The van der Waals surface area contributed by atoms with Crippen LogP contribution in [0.15, 0.2) is 0 Å². The molecular formula is C15H26ClNO2. The number of carbonyl (C=O) groups is 1. The molecule has 0 radical (unpaired) electrons. The maximum atomic E-state index is 12.6. The van der Waals surface area contributed by atoms with Crippen LogP contribution in [0, 0.1) is 23.2 Å². The third kappa shape index (κ3) is 2.98. The fourth-order valence-corrected chi connectivity index (χ4v) is 5.00. The van der Waals surface area contributed by atoms with Crippen LogP contribution in [0.3, 0.4) is 0 Å². The molecule has 0 aromatic carbocycles. The third-order valence-electron chi connectivity index (χ3n) is 5.52. The van der Waals surface area contributed by atoms with E-state index in [-0.39, 0.29) is 24.4 Å². The summed E-state index contributed by atoms with van der Waals surface area (Å²) in [6, 6.07) is 0. The van der Waals surface area contributed by atoms with Gasteiger partial charge in [0.1, 0.15) is 0 Å². The van der Waals surface area contributed by atoms with Gasteiger partial charge in [0.05, 0.1) is 13.2 Å². The lowest BCUT2D eigenvalue weighted by Crippen LogP contribution is -2.46. The first-order chi connectivity index (χ1) is 8.72. The summed E-state index contributed by atoms with van der Waals surface area (Å²) in [4.78, 5) is 12.6. The highest BCUT2D eigenvalue weighted by atomic mass is 35.5. The fourth-order valence-electron chi connectivity index (χ4n) is 5.00. The predicted octanol–water partition coefficient (Wildman–Crippen LogP) is 2.17. The van der Waals surface area contributed by atoms with E-state index < -0.39 is 0 Å². The Morgan fingerprint density at radius 3 is 2.26 bits per heavy atom. The summed E-state index contributed by atoms with van der Waals surface area (Å²) in [5.74, 6) is 2.89. The van der Waals surface area contributed by atoms with Crippen molar-refractivity contribution in [3.63, 3.8) is 0 Å². The van der Waals surface area contributed by atoms with Crippen LogP contribution >= 0.6 is 12.4 Å². The molecule has 0 aromatic rings. The van der Waals surface area contributed by atoms with Gasteiger partial charge in [0.25, 0.3) is 0 Å². The molecule has 4 aliphatic rings. The number of halogens is 1. The van der Waals surface area contributed by atoms with E-state index in [4.69, 9.17) is 5.11 Å². The summed E-state index contributed by atoms with van der Waals surface area (Å²) in [7, 11) is 0. The number of rotatable bonds is 5. The summed E-state index contributed by atoms with van der Waals surface area (Å²) in [6.45, 7) is 1.12. The highest BCUT2D eigenvalue weighted by Crippen LogP contribution is 2.57. The van der Waals surface area contributed by atoms with Crippen LogP contribution in [0.4, 0.5) is 0 Å². The van der Waals surface area contributed by atoms with Crippen LogP contribution in [0.1, 0.15) is 44.9 Å². The second-order valence-corrected chi connectivity index (χ2v) is 6.86. The quantitative estimate of drug-likeness (QED) is 0.762. The van der Waals surface area contributed by atoms with E-state index in [1.165, 1.54) is 25.7 Å². The highest BCUT2D eigenvalue weighted by molar-refractivity contribution is 5.87. The minimum atomic E-state index is 0. The number of hydrogen-bond acceptors (Lipinski definition) is 3. The van der Waals surface area contributed by atoms with Gasteiger partial charge in [-0.15, -0.1) is 12.4 Å². The first-order valence-corrected chi connectivity index (χ1v) is 7.57. The molecule has 4 bridgehead atoms. The van der Waals surface area contributed by atoms with Crippen molar-refractivity contribution in [2.24, 2.45) is 23.2 Å². The largest absolute Gasteiger partial charge is 0.395 e. The molecule has 2 atom stereocenters. The molecule has 4 saturated carbocycles. The number of carbonyl (C=O) groups excluding carboxylic acids is 1. The average Bonchev–Trinajstić information content (AvgIpc) is 2.56. The van der Waals surface area contributed by atoms with Crippen molar-refractivity contribution >= 4 is 18.2 Å². The SMILES string of the molecule is Cl.O=C(CNCCO)C12CC3CCC(CC(C3)C1)C2. The van der Waals surface area contributed by atoms with Crippen molar-refractivity contribution in [1.29, 1.82) is 0 Å². The lowest BCUT2D eigenvalue weighted by Gasteiger charge is -2.47. The summed E-state index contributed by atoms with van der Waals surface area (Å²) in [5.41, 5.74) is 0.00938. The van der Waals surface area contributed by atoms with E-state index in [1.54, 1.807) is 0 Å². The zero-order chi connectivity index (χ0) is 12.6. The first kappa shape index (κ1) is 15.3. The van der Waals surface area contributed by atoms with Gasteiger partial charge in [-0.25, -0.2) is 0 Å². The number of aliphatic hydroxyl groups excluding tert-OH is 1. The van der Waals surface area contributed by atoms with E-state index >= 15 is 0 Å². The summed E-state index contributed by atoms with van der Waals surface area (Å²) in [5, 5.41) is 11.9. The van der Waals surface area contributed by atoms with E-state index in [9.17, 15) is 4.79 Å². The molecule has 4 aliphatic carbocycles. The minimum absolute atomic E-state index is 0. The Labute approximate surface area is 121 Å². The Morgan fingerprint density at radius 1 is 1.11 bits per heavy atom. The summed E-state index contributed by atoms with van der Waals surface area (Å²) >= 11 is 0. The summed E-state index contributed by atoms with van der Waals surface area (Å²) in [6.07, 6.45) is 8.95. The molecule has 0 amide bonds. The zero-order valence-electron chi connectivity index (χ0n) is 11.6. The van der Waals surface area contributed by atoms with Gasteiger partial charge >= 0.3 is 0 Å². The monoisotopic (exact) mass is 287 g/mol. The Kier molecular flexibility index (Phi) is 4.91. The molecule has 4 rings (SSSR count). The second-order valence-electron chi connectivity index (χ2n) is 6.86. The molecule has 19 heavy (non-hydrogen) atoms. The number of nitrogens with one attached hydrogen (secondary N) is 1. The van der Waals surface area contributed by atoms with Gasteiger partial charge in [0.2, 0.25) is 0 Å². The van der Waals surface area contributed by atoms with Crippen molar-refractivity contribution in [2.45, 2.75) is 44.9 Å². The van der Waals surface area contributed by atoms with Crippen molar-refractivity contribution in [3.8, 4) is 0 Å². The van der Waals surface area contributed by atoms with Crippen LogP contribution in [0.2, 0.25) is 0 Å². The molecule has 2 unspecified atom stereocenters. The normalized spacial score (nSPS) is 39.7. The maximum absolute atomic E-state index is 12.6. The molecular weight excluding hydrogens is 262 g/mol. The van der Waals surface area contributed by atoms with Gasteiger partial charge in [-0.2, -0.15) is 0 Å². The van der Waals surface area contributed by atoms with E-state index in [0.29, 0.717) is 18.9 Å². The fraction of sp³-hybridized carbons (Fsp3) is 0.933. The molecule has 4 heteroatoms. The maximum Gasteiger partial charge on any atom is 0.152 e. The molecule has 2 N–H and O–H groups in total. The first-order valence-electron chi connectivity index (χ1n) is 7.57. The predicted molar refractivity (Wildman–Crippen MR) is 77.4 cm³/mol. The Hall–Kier alpha value is -0.120. The lowest BCUT2D eigenvalue weighted by atomic mass is 9.57. The summed E-state index contributed by atoms with van der Waals surface area (Å²) < 4.78 is 0. The Bertz CT molecular complexity index is 318. The minimum Gasteiger partial charge on any atom is -0.395 e. The molecule has 3 nitrogen and oxygen atoms in total. The van der Waals surface area contributed by atoms with Crippen molar-refractivity contribution < 1.29 is 9.90 Å². The molecule has 0 aliphatic heterocycles. The molecule has 0 spiro atoms. The van der Waals surface area contributed by atoms with Gasteiger partial charge in [0, 0.05) is 12.0 Å². The van der Waals surface area contributed by atoms with Crippen LogP contribution in [-0.4, -0.2) is 30.6 Å². The number of hydrogen-bond donors (Lipinski definition) is 2. The van der Waals surface area contributed by atoms with Gasteiger partial charge in [-0.05, 0) is 49.9 Å². The Morgan fingerprint density at radius 2 is 1.68 bits per heavy atom.